The molecule has 4 rings (SSSR count). The van der Waals surface area contributed by atoms with E-state index in [0.29, 0.717) is 0 Å². The Morgan fingerprint density at radius 3 is 2.47 bits per heavy atom. The second-order valence-corrected chi connectivity index (χ2v) is 4.57. The number of benzene rings is 2. The van der Waals surface area contributed by atoms with Crippen LogP contribution in [0.4, 0.5) is 0 Å². The van der Waals surface area contributed by atoms with Crippen LogP contribution in [-0.2, 0) is 0 Å². The normalized spacial score (nSPS) is 11.2. The highest BCUT2D eigenvalue weighted by atomic mass is 16.3. The maximum absolute atomic E-state index is 5.86. The molecule has 2 aromatic carbocycles. The van der Waals surface area contributed by atoms with Crippen molar-refractivity contribution in [3.8, 4) is 11.3 Å². The third-order valence-corrected chi connectivity index (χ3v) is 3.30. The van der Waals surface area contributed by atoms with Crippen molar-refractivity contribution in [1.82, 2.24) is 4.98 Å². The van der Waals surface area contributed by atoms with Crippen LogP contribution in [0.25, 0.3) is 33.2 Å². The lowest BCUT2D eigenvalue weighted by Gasteiger charge is -1.99. The topological polar surface area (TPSA) is 26.0 Å². The maximum atomic E-state index is 5.86. The molecule has 0 aliphatic carbocycles. The molecule has 0 fully saturated rings. The van der Waals surface area contributed by atoms with Crippen LogP contribution < -0.4 is 0 Å². The molecule has 2 heterocycles. The van der Waals surface area contributed by atoms with Gasteiger partial charge in [0, 0.05) is 22.5 Å². The fraction of sp³-hybridized carbons (Fsp3) is 0. The number of hydrogen-bond donors (Lipinski definition) is 0. The van der Waals surface area contributed by atoms with Gasteiger partial charge in [0.15, 0.2) is 0 Å². The second kappa shape index (κ2) is 3.95. The zero-order valence-corrected chi connectivity index (χ0v) is 10.2. The van der Waals surface area contributed by atoms with Gasteiger partial charge in [-0.05, 0) is 24.3 Å². The van der Waals surface area contributed by atoms with Crippen molar-refractivity contribution in [1.29, 1.82) is 0 Å². The van der Waals surface area contributed by atoms with Gasteiger partial charge in [-0.2, -0.15) is 0 Å². The van der Waals surface area contributed by atoms with Crippen molar-refractivity contribution < 1.29 is 4.42 Å². The summed E-state index contributed by atoms with van der Waals surface area (Å²) in [6.07, 6.45) is 1.86. The van der Waals surface area contributed by atoms with E-state index in [1.54, 1.807) is 0 Å². The van der Waals surface area contributed by atoms with Crippen LogP contribution in [0.1, 0.15) is 0 Å². The molecule has 0 aliphatic heterocycles. The summed E-state index contributed by atoms with van der Waals surface area (Å²) in [5.74, 6) is 0.861. The fourth-order valence-electron chi connectivity index (χ4n) is 2.33. The lowest BCUT2D eigenvalue weighted by Crippen LogP contribution is -1.80. The van der Waals surface area contributed by atoms with Gasteiger partial charge in [0.1, 0.15) is 11.3 Å². The third kappa shape index (κ3) is 1.69. The number of nitrogens with zero attached hydrogens (tertiary/aromatic N) is 1. The van der Waals surface area contributed by atoms with E-state index in [-0.39, 0.29) is 0 Å². The van der Waals surface area contributed by atoms with Gasteiger partial charge in [-0.15, -0.1) is 0 Å². The molecular weight excluding hydrogens is 234 g/mol. The third-order valence-electron chi connectivity index (χ3n) is 3.30. The lowest BCUT2D eigenvalue weighted by atomic mass is 10.1. The van der Waals surface area contributed by atoms with Gasteiger partial charge in [0.25, 0.3) is 0 Å². The van der Waals surface area contributed by atoms with Gasteiger partial charge in [0.05, 0.1) is 5.52 Å². The molecular formula is C17H11NO. The Hall–Kier alpha value is -2.61. The Morgan fingerprint density at radius 1 is 0.789 bits per heavy atom. The molecule has 0 saturated heterocycles. The SMILES string of the molecule is c1ccc2ncc(-c3cc4ccccc4o3)cc2c1. The molecule has 0 radical (unpaired) electrons. The molecule has 0 bridgehead atoms. The molecule has 2 nitrogen and oxygen atoms in total. The van der Waals surface area contributed by atoms with E-state index in [9.17, 15) is 0 Å². The van der Waals surface area contributed by atoms with Crippen LogP contribution in [0.3, 0.4) is 0 Å². The molecule has 0 spiro atoms. The minimum absolute atomic E-state index is 0.861. The van der Waals surface area contributed by atoms with Crippen molar-refractivity contribution in [2.24, 2.45) is 0 Å². The zero-order valence-electron chi connectivity index (χ0n) is 10.2. The van der Waals surface area contributed by atoms with Gasteiger partial charge in [-0.25, -0.2) is 0 Å². The van der Waals surface area contributed by atoms with Crippen LogP contribution in [0, 0.1) is 0 Å². The molecule has 0 atom stereocenters. The summed E-state index contributed by atoms with van der Waals surface area (Å²) >= 11 is 0. The molecule has 0 N–H and O–H groups in total. The number of aromatic nitrogens is 1. The van der Waals surface area contributed by atoms with E-state index in [0.717, 1.165) is 33.2 Å². The van der Waals surface area contributed by atoms with Gasteiger partial charge >= 0.3 is 0 Å². The van der Waals surface area contributed by atoms with Gasteiger partial charge < -0.3 is 4.42 Å². The van der Waals surface area contributed by atoms with E-state index < -0.39 is 0 Å². The van der Waals surface area contributed by atoms with Crippen LogP contribution in [0.15, 0.2) is 71.3 Å². The number of rotatable bonds is 1. The number of fused-ring (bicyclic) bond motifs is 2. The predicted molar refractivity (Wildman–Crippen MR) is 77.0 cm³/mol. The standard InChI is InChI=1S/C17H11NO/c1-3-7-15-12(5-1)9-14(11-18-15)17-10-13-6-2-4-8-16(13)19-17/h1-11H. The molecule has 19 heavy (non-hydrogen) atoms. The minimum atomic E-state index is 0.861. The first kappa shape index (κ1) is 10.3. The maximum Gasteiger partial charge on any atom is 0.136 e. The molecule has 90 valence electrons. The van der Waals surface area contributed by atoms with Gasteiger partial charge in [-0.1, -0.05) is 36.4 Å². The summed E-state index contributed by atoms with van der Waals surface area (Å²) < 4.78 is 5.86. The summed E-state index contributed by atoms with van der Waals surface area (Å²) in [4.78, 5) is 4.47. The average Bonchev–Trinajstić information content (AvgIpc) is 2.90. The van der Waals surface area contributed by atoms with Gasteiger partial charge in [0.2, 0.25) is 0 Å². The van der Waals surface area contributed by atoms with Gasteiger partial charge in [-0.3, -0.25) is 4.98 Å². The summed E-state index contributed by atoms with van der Waals surface area (Å²) in [5, 5.41) is 2.24. The van der Waals surface area contributed by atoms with E-state index in [2.05, 4.69) is 29.2 Å². The van der Waals surface area contributed by atoms with E-state index in [4.69, 9.17) is 4.42 Å². The van der Waals surface area contributed by atoms with Crippen LogP contribution in [-0.4, -0.2) is 4.98 Å². The largest absolute Gasteiger partial charge is 0.456 e. The fourth-order valence-corrected chi connectivity index (χ4v) is 2.33. The molecule has 0 aliphatic rings. The second-order valence-electron chi connectivity index (χ2n) is 4.57. The molecule has 4 aromatic rings. The summed E-state index contributed by atoms with van der Waals surface area (Å²) in [5.41, 5.74) is 2.92. The average molecular weight is 245 g/mol. The highest BCUT2D eigenvalue weighted by Gasteiger charge is 2.06. The Bertz CT molecular complexity index is 843. The number of hydrogen-bond acceptors (Lipinski definition) is 2. The number of pyridine rings is 1. The quantitative estimate of drug-likeness (QED) is 0.488. The minimum Gasteiger partial charge on any atom is -0.456 e. The van der Waals surface area contributed by atoms with Crippen LogP contribution in [0.5, 0.6) is 0 Å². The zero-order chi connectivity index (χ0) is 12.7. The highest BCUT2D eigenvalue weighted by molar-refractivity contribution is 5.86. The Labute approximate surface area is 110 Å². The Kier molecular flexibility index (Phi) is 2.15. The Morgan fingerprint density at radius 2 is 1.58 bits per heavy atom. The van der Waals surface area contributed by atoms with Crippen molar-refractivity contribution >= 4 is 21.9 Å². The first-order valence-corrected chi connectivity index (χ1v) is 6.24. The van der Waals surface area contributed by atoms with Crippen molar-refractivity contribution in [2.75, 3.05) is 0 Å². The first-order valence-electron chi connectivity index (χ1n) is 6.24. The van der Waals surface area contributed by atoms with E-state index >= 15 is 0 Å². The molecule has 2 aromatic heterocycles. The van der Waals surface area contributed by atoms with Crippen molar-refractivity contribution in [3.05, 3.63) is 66.9 Å². The van der Waals surface area contributed by atoms with E-state index in [1.807, 2.05) is 42.6 Å². The molecule has 0 amide bonds. The van der Waals surface area contributed by atoms with Crippen LogP contribution in [0.2, 0.25) is 0 Å². The summed E-state index contributed by atoms with van der Waals surface area (Å²) in [7, 11) is 0. The first-order chi connectivity index (χ1) is 9.40. The molecule has 0 saturated carbocycles. The van der Waals surface area contributed by atoms with Crippen molar-refractivity contribution in [2.45, 2.75) is 0 Å². The number of furan rings is 1. The summed E-state index contributed by atoms with van der Waals surface area (Å²) in [6.45, 7) is 0. The smallest absolute Gasteiger partial charge is 0.136 e. The van der Waals surface area contributed by atoms with E-state index in [1.165, 1.54) is 0 Å². The van der Waals surface area contributed by atoms with Crippen LogP contribution >= 0.6 is 0 Å². The lowest BCUT2D eigenvalue weighted by molar-refractivity contribution is 0.631. The van der Waals surface area contributed by atoms with Crippen molar-refractivity contribution in [3.63, 3.8) is 0 Å². The number of para-hydroxylation sites is 2. The molecule has 2 heteroatoms. The Balaban J connectivity index is 1.93. The molecule has 0 unspecified atom stereocenters. The predicted octanol–water partition coefficient (Wildman–Crippen LogP) is 4.65. The highest BCUT2D eigenvalue weighted by Crippen LogP contribution is 2.28. The monoisotopic (exact) mass is 245 g/mol. The summed E-state index contributed by atoms with van der Waals surface area (Å²) in [6, 6.07) is 20.3.